The first kappa shape index (κ1) is 21.0. The summed E-state index contributed by atoms with van der Waals surface area (Å²) in [4.78, 5) is 54.8. The normalized spacial score (nSPS) is 10.8. The number of hydrogen-bond donors (Lipinski definition) is 1. The van der Waals surface area contributed by atoms with Gasteiger partial charge in [-0.15, -0.1) is 0 Å². The minimum atomic E-state index is -0.781. The van der Waals surface area contributed by atoms with Crippen LogP contribution in [0.1, 0.15) is 27.2 Å². The molecule has 0 radical (unpaired) electrons. The highest BCUT2D eigenvalue weighted by molar-refractivity contribution is 6.02. The summed E-state index contributed by atoms with van der Waals surface area (Å²) in [7, 11) is 2.62. The quantitative estimate of drug-likeness (QED) is 0.652. The zero-order valence-corrected chi connectivity index (χ0v) is 17.4. The first-order chi connectivity index (χ1) is 14.1. The van der Waals surface area contributed by atoms with Gasteiger partial charge in [0.1, 0.15) is 12.2 Å². The van der Waals surface area contributed by atoms with Crippen molar-refractivity contribution in [1.29, 1.82) is 0 Å². The van der Waals surface area contributed by atoms with E-state index in [1.807, 2.05) is 19.9 Å². The Morgan fingerprint density at radius 2 is 1.80 bits per heavy atom. The van der Waals surface area contributed by atoms with Gasteiger partial charge in [0.05, 0.1) is 18.1 Å². The Balaban J connectivity index is 2.10. The van der Waals surface area contributed by atoms with Crippen LogP contribution >= 0.6 is 0 Å². The molecule has 1 N–H and O–H groups in total. The average molecular weight is 410 g/mol. The molecule has 30 heavy (non-hydrogen) atoms. The zero-order chi connectivity index (χ0) is 22.2. The molecular weight excluding hydrogens is 388 g/mol. The smallest absolute Gasteiger partial charge is 0.338 e. The van der Waals surface area contributed by atoms with E-state index in [1.54, 1.807) is 19.1 Å². The molecule has 0 aliphatic carbocycles. The average Bonchev–Trinajstić information content (AvgIpc) is 2.71. The Labute approximate surface area is 171 Å². The van der Waals surface area contributed by atoms with E-state index in [0.29, 0.717) is 11.4 Å². The van der Waals surface area contributed by atoms with Crippen molar-refractivity contribution in [3.8, 4) is 0 Å². The van der Waals surface area contributed by atoms with Crippen molar-refractivity contribution in [2.75, 3.05) is 12.4 Å². The molecule has 2 aromatic heterocycles. The lowest BCUT2D eigenvalue weighted by Crippen LogP contribution is -2.42. The lowest BCUT2D eigenvalue weighted by Gasteiger charge is -2.13. The van der Waals surface area contributed by atoms with Crippen LogP contribution in [0.25, 0.3) is 11.0 Å². The maximum atomic E-state index is 13.1. The Kier molecular flexibility index (Phi) is 5.55. The predicted molar refractivity (Wildman–Crippen MR) is 112 cm³/mol. The van der Waals surface area contributed by atoms with E-state index >= 15 is 0 Å². The Bertz CT molecular complexity index is 1300. The number of ether oxygens (including phenoxy) is 1. The molecule has 0 aliphatic rings. The number of carbonyl (C=O) groups excluding carboxylic acids is 2. The van der Waals surface area contributed by atoms with Crippen LogP contribution in [0.4, 0.5) is 5.69 Å². The summed E-state index contributed by atoms with van der Waals surface area (Å²) >= 11 is 0. The number of anilines is 1. The summed E-state index contributed by atoms with van der Waals surface area (Å²) in [6, 6.07) is 6.82. The van der Waals surface area contributed by atoms with Crippen LogP contribution in [0.15, 0.2) is 33.9 Å². The molecule has 9 nitrogen and oxygen atoms in total. The molecule has 2 heterocycles. The van der Waals surface area contributed by atoms with E-state index in [1.165, 1.54) is 20.2 Å². The minimum absolute atomic E-state index is 0.0103. The number of nitrogens with one attached hydrogen (secondary N) is 1. The van der Waals surface area contributed by atoms with E-state index in [0.717, 1.165) is 20.3 Å². The van der Waals surface area contributed by atoms with Gasteiger partial charge in [0.25, 0.3) is 5.56 Å². The molecule has 1 aromatic carbocycles. The standard InChI is InChI=1S/C21H22N4O5/c1-11-6-7-14(8-12(11)2)23-16(26)10-25-19(27)17-15(20(28)30-5)9-13(3)22-18(17)24(4)21(25)29/h6-9H,10H2,1-5H3,(H,23,26). The molecule has 1 amide bonds. The maximum absolute atomic E-state index is 13.1. The number of rotatable bonds is 4. The summed E-state index contributed by atoms with van der Waals surface area (Å²) in [5, 5.41) is 2.61. The van der Waals surface area contributed by atoms with Crippen molar-refractivity contribution >= 4 is 28.6 Å². The number of aryl methyl sites for hydroxylation is 4. The van der Waals surface area contributed by atoms with Gasteiger partial charge in [-0.3, -0.25) is 18.7 Å². The number of nitrogens with zero attached hydrogens (tertiary/aromatic N) is 3. The molecular formula is C21H22N4O5. The highest BCUT2D eigenvalue weighted by Gasteiger charge is 2.21. The van der Waals surface area contributed by atoms with E-state index in [2.05, 4.69) is 10.3 Å². The third kappa shape index (κ3) is 3.73. The third-order valence-electron chi connectivity index (χ3n) is 4.92. The van der Waals surface area contributed by atoms with Gasteiger partial charge in [0.15, 0.2) is 0 Å². The van der Waals surface area contributed by atoms with Crippen molar-refractivity contribution in [2.24, 2.45) is 7.05 Å². The number of carbonyl (C=O) groups is 2. The molecule has 0 atom stereocenters. The van der Waals surface area contributed by atoms with Crippen LogP contribution < -0.4 is 16.6 Å². The van der Waals surface area contributed by atoms with Crippen molar-refractivity contribution in [2.45, 2.75) is 27.3 Å². The number of fused-ring (bicyclic) bond motifs is 1. The van der Waals surface area contributed by atoms with Crippen LogP contribution in [0, 0.1) is 20.8 Å². The summed E-state index contributed by atoms with van der Waals surface area (Å²) < 4.78 is 6.68. The van der Waals surface area contributed by atoms with Gasteiger partial charge in [0.2, 0.25) is 5.91 Å². The molecule has 0 fully saturated rings. The van der Waals surface area contributed by atoms with Gasteiger partial charge >= 0.3 is 11.7 Å². The first-order valence-corrected chi connectivity index (χ1v) is 9.20. The summed E-state index contributed by atoms with van der Waals surface area (Å²) in [5.74, 6) is -1.27. The Morgan fingerprint density at radius 3 is 2.43 bits per heavy atom. The third-order valence-corrected chi connectivity index (χ3v) is 4.92. The summed E-state index contributed by atoms with van der Waals surface area (Å²) in [6.45, 7) is 4.99. The SMILES string of the molecule is COC(=O)c1cc(C)nc2c1c(=O)n(CC(=O)Nc1ccc(C)c(C)c1)c(=O)n2C. The van der Waals surface area contributed by atoms with Crippen molar-refractivity contribution in [3.05, 3.63) is 67.5 Å². The fourth-order valence-corrected chi connectivity index (χ4v) is 3.18. The van der Waals surface area contributed by atoms with Crippen molar-refractivity contribution in [1.82, 2.24) is 14.1 Å². The van der Waals surface area contributed by atoms with E-state index in [9.17, 15) is 19.2 Å². The molecule has 0 aliphatic heterocycles. The molecule has 3 aromatic rings. The molecule has 0 unspecified atom stereocenters. The van der Waals surface area contributed by atoms with Gasteiger partial charge in [-0.25, -0.2) is 14.6 Å². The fourth-order valence-electron chi connectivity index (χ4n) is 3.18. The number of aromatic nitrogens is 3. The highest BCUT2D eigenvalue weighted by Crippen LogP contribution is 2.16. The number of benzene rings is 1. The maximum Gasteiger partial charge on any atom is 0.338 e. The van der Waals surface area contributed by atoms with Crippen molar-refractivity contribution < 1.29 is 14.3 Å². The van der Waals surface area contributed by atoms with Crippen LogP contribution in [0.5, 0.6) is 0 Å². The largest absolute Gasteiger partial charge is 0.465 e. The molecule has 3 rings (SSSR count). The first-order valence-electron chi connectivity index (χ1n) is 9.20. The van der Waals surface area contributed by atoms with E-state index in [4.69, 9.17) is 4.74 Å². The van der Waals surface area contributed by atoms with Gasteiger partial charge in [-0.2, -0.15) is 0 Å². The zero-order valence-electron chi connectivity index (χ0n) is 17.4. The predicted octanol–water partition coefficient (Wildman–Crippen LogP) is 1.45. The van der Waals surface area contributed by atoms with Crippen LogP contribution in [-0.4, -0.2) is 33.1 Å². The van der Waals surface area contributed by atoms with Crippen LogP contribution in [-0.2, 0) is 23.1 Å². The van der Waals surface area contributed by atoms with Gasteiger partial charge in [-0.05, 0) is 50.1 Å². The number of pyridine rings is 1. The van der Waals surface area contributed by atoms with Crippen molar-refractivity contribution in [3.63, 3.8) is 0 Å². The monoisotopic (exact) mass is 410 g/mol. The number of methoxy groups -OCH3 is 1. The van der Waals surface area contributed by atoms with E-state index < -0.39 is 29.7 Å². The molecule has 0 saturated carbocycles. The lowest BCUT2D eigenvalue weighted by molar-refractivity contribution is -0.116. The number of hydrogen-bond acceptors (Lipinski definition) is 6. The summed E-state index contributed by atoms with van der Waals surface area (Å²) in [6.07, 6.45) is 0. The lowest BCUT2D eigenvalue weighted by atomic mass is 10.1. The highest BCUT2D eigenvalue weighted by atomic mass is 16.5. The fraction of sp³-hybridized carbons (Fsp3) is 0.286. The van der Waals surface area contributed by atoms with Gasteiger partial charge in [0, 0.05) is 18.4 Å². The van der Waals surface area contributed by atoms with Gasteiger partial charge in [-0.1, -0.05) is 6.07 Å². The molecule has 0 spiro atoms. The minimum Gasteiger partial charge on any atom is -0.465 e. The van der Waals surface area contributed by atoms with E-state index in [-0.39, 0.29) is 16.6 Å². The van der Waals surface area contributed by atoms with Crippen LogP contribution in [0.3, 0.4) is 0 Å². The topological polar surface area (TPSA) is 112 Å². The second-order valence-corrected chi connectivity index (χ2v) is 7.08. The second-order valence-electron chi connectivity index (χ2n) is 7.08. The molecule has 0 saturated heterocycles. The summed E-state index contributed by atoms with van der Waals surface area (Å²) in [5.41, 5.74) is 1.62. The number of amides is 1. The second kappa shape index (κ2) is 7.94. The number of esters is 1. The molecule has 0 bridgehead atoms. The molecule has 9 heteroatoms. The van der Waals surface area contributed by atoms with Crippen LogP contribution in [0.2, 0.25) is 0 Å². The van der Waals surface area contributed by atoms with Gasteiger partial charge < -0.3 is 10.1 Å². The molecule has 156 valence electrons. The Hall–Kier alpha value is -3.75. The Morgan fingerprint density at radius 1 is 1.10 bits per heavy atom.